The van der Waals surface area contributed by atoms with E-state index in [0.29, 0.717) is 0 Å². The molecule has 3 rings (SSSR count). The average molecular weight is 334 g/mol. The SMILES string of the molecule is CN(C)c1cccc(CCCCn2cnc(-c3ccccc3)c2)c1N. The van der Waals surface area contributed by atoms with E-state index in [1.54, 1.807) is 0 Å². The zero-order valence-corrected chi connectivity index (χ0v) is 15.0. The zero-order chi connectivity index (χ0) is 17.6. The van der Waals surface area contributed by atoms with Crippen LogP contribution in [0.1, 0.15) is 18.4 Å². The molecular formula is C21H26N4. The number of para-hydroxylation sites is 1. The van der Waals surface area contributed by atoms with E-state index in [1.165, 1.54) is 5.56 Å². The van der Waals surface area contributed by atoms with E-state index < -0.39 is 0 Å². The molecule has 1 aromatic heterocycles. The number of aryl methyl sites for hydroxylation is 2. The smallest absolute Gasteiger partial charge is 0.0953 e. The number of hydrogen-bond donors (Lipinski definition) is 1. The van der Waals surface area contributed by atoms with Crippen molar-refractivity contribution in [2.24, 2.45) is 0 Å². The van der Waals surface area contributed by atoms with Crippen molar-refractivity contribution in [1.82, 2.24) is 9.55 Å². The van der Waals surface area contributed by atoms with Gasteiger partial charge in [-0.1, -0.05) is 42.5 Å². The maximum atomic E-state index is 6.29. The second-order valence-electron chi connectivity index (χ2n) is 6.56. The summed E-state index contributed by atoms with van der Waals surface area (Å²) in [6.45, 7) is 0.979. The molecular weight excluding hydrogens is 308 g/mol. The van der Waals surface area contributed by atoms with Gasteiger partial charge in [-0.25, -0.2) is 4.98 Å². The van der Waals surface area contributed by atoms with Crippen LogP contribution >= 0.6 is 0 Å². The molecule has 0 amide bonds. The van der Waals surface area contributed by atoms with Gasteiger partial charge >= 0.3 is 0 Å². The van der Waals surface area contributed by atoms with Crippen LogP contribution in [0.5, 0.6) is 0 Å². The molecule has 130 valence electrons. The Morgan fingerprint density at radius 1 is 1.00 bits per heavy atom. The topological polar surface area (TPSA) is 47.1 Å². The predicted molar refractivity (Wildman–Crippen MR) is 106 cm³/mol. The first-order chi connectivity index (χ1) is 12.1. The number of anilines is 2. The third-order valence-electron chi connectivity index (χ3n) is 4.47. The van der Waals surface area contributed by atoms with Gasteiger partial charge in [0.25, 0.3) is 0 Å². The molecule has 3 aromatic rings. The van der Waals surface area contributed by atoms with E-state index >= 15 is 0 Å². The lowest BCUT2D eigenvalue weighted by Gasteiger charge is -2.17. The van der Waals surface area contributed by atoms with E-state index in [4.69, 9.17) is 5.73 Å². The molecule has 0 aliphatic rings. The summed E-state index contributed by atoms with van der Waals surface area (Å²) < 4.78 is 2.17. The number of nitrogens with zero attached hydrogens (tertiary/aromatic N) is 3. The summed E-state index contributed by atoms with van der Waals surface area (Å²) in [5, 5.41) is 0. The molecule has 0 bridgehead atoms. The Bertz CT molecular complexity index is 806. The molecule has 25 heavy (non-hydrogen) atoms. The molecule has 0 unspecified atom stereocenters. The van der Waals surface area contributed by atoms with Crippen LogP contribution in [0.15, 0.2) is 61.1 Å². The van der Waals surface area contributed by atoms with Gasteiger partial charge in [0, 0.05) is 32.4 Å². The molecule has 0 saturated heterocycles. The minimum Gasteiger partial charge on any atom is -0.397 e. The van der Waals surface area contributed by atoms with Crippen molar-refractivity contribution in [2.75, 3.05) is 24.7 Å². The normalized spacial score (nSPS) is 10.8. The Hall–Kier alpha value is -2.75. The maximum absolute atomic E-state index is 6.29. The highest BCUT2D eigenvalue weighted by atomic mass is 15.1. The molecule has 0 aliphatic heterocycles. The zero-order valence-electron chi connectivity index (χ0n) is 15.0. The van der Waals surface area contributed by atoms with Gasteiger partial charge in [0.1, 0.15) is 0 Å². The molecule has 0 radical (unpaired) electrons. The minimum atomic E-state index is 0.904. The monoisotopic (exact) mass is 334 g/mol. The lowest BCUT2D eigenvalue weighted by Crippen LogP contribution is -2.12. The van der Waals surface area contributed by atoms with Crippen molar-refractivity contribution in [1.29, 1.82) is 0 Å². The van der Waals surface area contributed by atoms with Crippen LogP contribution in [-0.4, -0.2) is 23.6 Å². The van der Waals surface area contributed by atoms with E-state index in [1.807, 2.05) is 38.6 Å². The van der Waals surface area contributed by atoms with Crippen LogP contribution in [0.25, 0.3) is 11.3 Å². The van der Waals surface area contributed by atoms with Crippen molar-refractivity contribution in [3.8, 4) is 11.3 Å². The number of nitrogens with two attached hydrogens (primary N) is 1. The third kappa shape index (κ3) is 4.21. The van der Waals surface area contributed by atoms with Gasteiger partial charge in [0.15, 0.2) is 0 Å². The summed E-state index contributed by atoms with van der Waals surface area (Å²) in [6.07, 6.45) is 7.27. The van der Waals surface area contributed by atoms with Gasteiger partial charge in [-0.2, -0.15) is 0 Å². The van der Waals surface area contributed by atoms with Crippen molar-refractivity contribution in [3.63, 3.8) is 0 Å². The highest BCUT2D eigenvalue weighted by Crippen LogP contribution is 2.26. The number of nitrogen functional groups attached to an aromatic ring is 1. The number of benzene rings is 2. The van der Waals surface area contributed by atoms with Crippen molar-refractivity contribution < 1.29 is 0 Å². The van der Waals surface area contributed by atoms with Gasteiger partial charge in [-0.3, -0.25) is 0 Å². The number of aromatic nitrogens is 2. The van der Waals surface area contributed by atoms with Crippen LogP contribution in [0.4, 0.5) is 11.4 Å². The molecule has 4 nitrogen and oxygen atoms in total. The lowest BCUT2D eigenvalue weighted by molar-refractivity contribution is 0.609. The third-order valence-corrected chi connectivity index (χ3v) is 4.47. The van der Waals surface area contributed by atoms with Crippen molar-refractivity contribution in [2.45, 2.75) is 25.8 Å². The first kappa shape index (κ1) is 17.1. The van der Waals surface area contributed by atoms with Gasteiger partial charge in [0.05, 0.1) is 23.4 Å². The first-order valence-electron chi connectivity index (χ1n) is 8.77. The Kier molecular flexibility index (Phi) is 5.39. The molecule has 1 heterocycles. The Labute approximate surface area is 149 Å². The summed E-state index contributed by atoms with van der Waals surface area (Å²) in [6, 6.07) is 16.6. The second-order valence-corrected chi connectivity index (χ2v) is 6.56. The summed E-state index contributed by atoms with van der Waals surface area (Å²) in [7, 11) is 4.05. The largest absolute Gasteiger partial charge is 0.397 e. The van der Waals surface area contributed by atoms with Crippen LogP contribution in [0, 0.1) is 0 Å². The van der Waals surface area contributed by atoms with Crippen molar-refractivity contribution in [3.05, 3.63) is 66.6 Å². The average Bonchev–Trinajstić information content (AvgIpc) is 3.09. The van der Waals surface area contributed by atoms with E-state index in [0.717, 1.165) is 48.4 Å². The Morgan fingerprint density at radius 3 is 2.56 bits per heavy atom. The van der Waals surface area contributed by atoms with E-state index in [-0.39, 0.29) is 0 Å². The number of rotatable bonds is 7. The summed E-state index contributed by atoms with van der Waals surface area (Å²) in [5.74, 6) is 0. The fourth-order valence-corrected chi connectivity index (χ4v) is 3.06. The molecule has 2 aromatic carbocycles. The lowest BCUT2D eigenvalue weighted by atomic mass is 10.0. The quantitative estimate of drug-likeness (QED) is 0.520. The van der Waals surface area contributed by atoms with Crippen LogP contribution in [0.3, 0.4) is 0 Å². The number of unbranched alkanes of at least 4 members (excludes halogenated alkanes) is 1. The van der Waals surface area contributed by atoms with Crippen molar-refractivity contribution >= 4 is 11.4 Å². The fourth-order valence-electron chi connectivity index (χ4n) is 3.06. The molecule has 2 N–H and O–H groups in total. The Morgan fingerprint density at radius 2 is 1.80 bits per heavy atom. The van der Waals surface area contributed by atoms with Crippen LogP contribution in [-0.2, 0) is 13.0 Å². The maximum Gasteiger partial charge on any atom is 0.0953 e. The van der Waals surface area contributed by atoms with E-state index in [2.05, 4.69) is 51.0 Å². The number of hydrogen-bond acceptors (Lipinski definition) is 3. The minimum absolute atomic E-state index is 0.904. The molecule has 0 atom stereocenters. The molecule has 0 fully saturated rings. The Balaban J connectivity index is 1.53. The van der Waals surface area contributed by atoms with Crippen LogP contribution in [0.2, 0.25) is 0 Å². The molecule has 4 heteroatoms. The predicted octanol–water partition coefficient (Wildman–Crippen LogP) is 4.22. The highest BCUT2D eigenvalue weighted by Gasteiger charge is 2.06. The van der Waals surface area contributed by atoms with Gasteiger partial charge in [0.2, 0.25) is 0 Å². The summed E-state index contributed by atoms with van der Waals surface area (Å²) in [4.78, 5) is 6.57. The molecule has 0 spiro atoms. The fraction of sp³-hybridized carbons (Fsp3) is 0.286. The first-order valence-corrected chi connectivity index (χ1v) is 8.77. The molecule has 0 saturated carbocycles. The second kappa shape index (κ2) is 7.88. The van der Waals surface area contributed by atoms with E-state index in [9.17, 15) is 0 Å². The van der Waals surface area contributed by atoms with Gasteiger partial charge in [-0.05, 0) is 30.9 Å². The standard InChI is InChI=1S/C21H26N4/c1-24(2)20-13-8-12-18(21(20)22)11-6-7-14-25-15-19(23-16-25)17-9-4-3-5-10-17/h3-5,8-10,12-13,15-16H,6-7,11,14,22H2,1-2H3. The van der Waals surface area contributed by atoms with Crippen LogP contribution < -0.4 is 10.6 Å². The summed E-state index contributed by atoms with van der Waals surface area (Å²) >= 11 is 0. The van der Waals surface area contributed by atoms with Gasteiger partial charge < -0.3 is 15.2 Å². The highest BCUT2D eigenvalue weighted by molar-refractivity contribution is 5.70. The summed E-state index contributed by atoms with van der Waals surface area (Å²) in [5.41, 5.74) is 11.7. The molecule has 0 aliphatic carbocycles. The number of imidazole rings is 1. The van der Waals surface area contributed by atoms with Gasteiger partial charge in [-0.15, -0.1) is 0 Å².